The van der Waals surface area contributed by atoms with E-state index in [9.17, 15) is 13.9 Å². The van der Waals surface area contributed by atoms with Crippen LogP contribution in [0, 0.1) is 11.6 Å². The van der Waals surface area contributed by atoms with Gasteiger partial charge in [-0.15, -0.1) is 0 Å². The van der Waals surface area contributed by atoms with Crippen LogP contribution in [0.5, 0.6) is 5.75 Å². The van der Waals surface area contributed by atoms with Crippen LogP contribution in [0.25, 0.3) is 0 Å². The summed E-state index contributed by atoms with van der Waals surface area (Å²) >= 11 is 5.69. The molecule has 0 atom stereocenters. The summed E-state index contributed by atoms with van der Waals surface area (Å²) in [5.74, 6) is -3.15. The zero-order valence-corrected chi connectivity index (χ0v) is 10.0. The van der Waals surface area contributed by atoms with Crippen molar-refractivity contribution >= 4 is 11.6 Å². The molecule has 0 aromatic heterocycles. The number of phenolic OH excluding ortho intramolecular Hbond substituents is 1. The van der Waals surface area contributed by atoms with Crippen molar-refractivity contribution in [3.63, 3.8) is 0 Å². The van der Waals surface area contributed by atoms with Gasteiger partial charge in [0.15, 0.2) is 11.6 Å². The van der Waals surface area contributed by atoms with Gasteiger partial charge in [0.2, 0.25) is 5.82 Å². The highest BCUT2D eigenvalue weighted by Gasteiger charge is 2.38. The number of hydrogen-bond acceptors (Lipinski definition) is 2. The molecule has 1 aromatic rings. The molecular weight excluding hydrogens is 248 g/mol. The maximum Gasteiger partial charge on any atom is 0.202 e. The van der Waals surface area contributed by atoms with Gasteiger partial charge in [-0.25, -0.2) is 4.39 Å². The number of phenols is 1. The SMILES string of the molecule is NCC1(c2cc(Cl)c(O)c(F)c2F)CCCC1. The van der Waals surface area contributed by atoms with Crippen molar-refractivity contribution in [1.82, 2.24) is 0 Å². The van der Waals surface area contributed by atoms with Crippen LogP contribution in [-0.2, 0) is 5.41 Å². The quantitative estimate of drug-likeness (QED) is 0.804. The van der Waals surface area contributed by atoms with E-state index in [0.717, 1.165) is 25.7 Å². The second-order valence-electron chi connectivity index (χ2n) is 4.57. The largest absolute Gasteiger partial charge is 0.504 e. The summed E-state index contributed by atoms with van der Waals surface area (Å²) in [7, 11) is 0. The molecule has 5 heteroatoms. The molecule has 0 unspecified atom stereocenters. The van der Waals surface area contributed by atoms with Crippen molar-refractivity contribution in [1.29, 1.82) is 0 Å². The van der Waals surface area contributed by atoms with Gasteiger partial charge < -0.3 is 10.8 Å². The van der Waals surface area contributed by atoms with E-state index in [1.165, 1.54) is 6.07 Å². The average Bonchev–Trinajstić information content (AvgIpc) is 2.81. The Morgan fingerprint density at radius 1 is 1.29 bits per heavy atom. The standard InChI is InChI=1S/C12H14ClF2NO/c13-8-5-7(9(14)10(15)11(8)17)12(6-16)3-1-2-4-12/h5,17H,1-4,6,16H2. The summed E-state index contributed by atoms with van der Waals surface area (Å²) in [6.07, 6.45) is 3.33. The van der Waals surface area contributed by atoms with Crippen LogP contribution in [0.3, 0.4) is 0 Å². The molecule has 1 aromatic carbocycles. The first-order valence-corrected chi connectivity index (χ1v) is 5.96. The molecule has 0 amide bonds. The monoisotopic (exact) mass is 261 g/mol. The van der Waals surface area contributed by atoms with Crippen LogP contribution >= 0.6 is 11.6 Å². The smallest absolute Gasteiger partial charge is 0.202 e. The van der Waals surface area contributed by atoms with Crippen molar-refractivity contribution in [3.8, 4) is 5.75 Å². The predicted molar refractivity (Wildman–Crippen MR) is 62.2 cm³/mol. The summed E-state index contributed by atoms with van der Waals surface area (Å²) in [5, 5.41) is 9.06. The van der Waals surface area contributed by atoms with Crippen molar-refractivity contribution in [2.24, 2.45) is 5.73 Å². The third-order valence-electron chi connectivity index (χ3n) is 3.66. The molecule has 0 saturated heterocycles. The zero-order chi connectivity index (χ0) is 12.6. The molecule has 0 spiro atoms. The van der Waals surface area contributed by atoms with E-state index in [4.69, 9.17) is 17.3 Å². The summed E-state index contributed by atoms with van der Waals surface area (Å²) in [6, 6.07) is 1.30. The second kappa shape index (κ2) is 4.42. The van der Waals surface area contributed by atoms with E-state index < -0.39 is 22.8 Å². The molecule has 1 aliphatic carbocycles. The fraction of sp³-hybridized carbons (Fsp3) is 0.500. The van der Waals surface area contributed by atoms with Crippen molar-refractivity contribution in [2.75, 3.05) is 6.54 Å². The lowest BCUT2D eigenvalue weighted by molar-refractivity contribution is 0.379. The predicted octanol–water partition coefficient (Wildman–Crippen LogP) is 3.09. The number of rotatable bonds is 2. The van der Waals surface area contributed by atoms with E-state index >= 15 is 0 Å². The van der Waals surface area contributed by atoms with Crippen LogP contribution < -0.4 is 5.73 Å². The minimum atomic E-state index is -1.28. The first kappa shape index (κ1) is 12.6. The molecule has 2 nitrogen and oxygen atoms in total. The Labute approximate surface area is 103 Å². The Morgan fingerprint density at radius 3 is 2.41 bits per heavy atom. The third kappa shape index (κ3) is 1.89. The maximum atomic E-state index is 13.9. The zero-order valence-electron chi connectivity index (χ0n) is 9.27. The molecule has 1 aliphatic rings. The lowest BCUT2D eigenvalue weighted by Crippen LogP contribution is -2.33. The van der Waals surface area contributed by atoms with Crippen LogP contribution in [-0.4, -0.2) is 11.7 Å². The topological polar surface area (TPSA) is 46.2 Å². The Hall–Kier alpha value is -0.870. The van der Waals surface area contributed by atoms with Crippen molar-refractivity contribution in [3.05, 3.63) is 28.3 Å². The van der Waals surface area contributed by atoms with Crippen LogP contribution in [0.4, 0.5) is 8.78 Å². The second-order valence-corrected chi connectivity index (χ2v) is 4.98. The van der Waals surface area contributed by atoms with Gasteiger partial charge in [-0.3, -0.25) is 0 Å². The molecule has 3 N–H and O–H groups in total. The number of halogens is 3. The Morgan fingerprint density at radius 2 is 1.88 bits per heavy atom. The molecule has 1 fully saturated rings. The number of aromatic hydroxyl groups is 1. The molecule has 0 radical (unpaired) electrons. The average molecular weight is 262 g/mol. The first-order chi connectivity index (χ1) is 8.02. The highest BCUT2D eigenvalue weighted by atomic mass is 35.5. The summed E-state index contributed by atoms with van der Waals surface area (Å²) in [4.78, 5) is 0. The van der Waals surface area contributed by atoms with Crippen LogP contribution in [0.2, 0.25) is 5.02 Å². The summed E-state index contributed by atoms with van der Waals surface area (Å²) in [6.45, 7) is 0.254. The van der Waals surface area contributed by atoms with E-state index in [-0.39, 0.29) is 17.1 Å². The highest BCUT2D eigenvalue weighted by Crippen LogP contribution is 2.44. The number of benzene rings is 1. The molecule has 0 bridgehead atoms. The lowest BCUT2D eigenvalue weighted by atomic mass is 9.78. The molecule has 1 saturated carbocycles. The van der Waals surface area contributed by atoms with Gasteiger partial charge in [0.05, 0.1) is 5.02 Å². The maximum absolute atomic E-state index is 13.9. The Balaban J connectivity index is 2.59. The Bertz CT molecular complexity index is 445. The van der Waals surface area contributed by atoms with Crippen LogP contribution in [0.15, 0.2) is 6.07 Å². The Kier molecular flexibility index (Phi) is 3.27. The molecule has 17 heavy (non-hydrogen) atoms. The molecule has 94 valence electrons. The van der Waals surface area contributed by atoms with Crippen LogP contribution in [0.1, 0.15) is 31.2 Å². The molecular formula is C12H14ClF2NO. The summed E-state index contributed by atoms with van der Waals surface area (Å²) < 4.78 is 27.3. The number of hydrogen-bond donors (Lipinski definition) is 2. The first-order valence-electron chi connectivity index (χ1n) is 5.59. The van der Waals surface area contributed by atoms with Crippen molar-refractivity contribution < 1.29 is 13.9 Å². The minimum Gasteiger partial charge on any atom is -0.504 e. The normalized spacial score (nSPS) is 18.6. The van der Waals surface area contributed by atoms with Gasteiger partial charge >= 0.3 is 0 Å². The fourth-order valence-corrected chi connectivity index (χ4v) is 2.80. The van der Waals surface area contributed by atoms with Crippen molar-refractivity contribution in [2.45, 2.75) is 31.1 Å². The lowest BCUT2D eigenvalue weighted by Gasteiger charge is -2.28. The summed E-state index contributed by atoms with van der Waals surface area (Å²) in [5.41, 5.74) is 5.37. The minimum absolute atomic E-state index is 0.168. The van der Waals surface area contributed by atoms with Gasteiger partial charge in [0, 0.05) is 17.5 Å². The van der Waals surface area contributed by atoms with E-state index in [2.05, 4.69) is 0 Å². The van der Waals surface area contributed by atoms with E-state index in [1.807, 2.05) is 0 Å². The van der Waals surface area contributed by atoms with Gasteiger partial charge in [0.1, 0.15) is 0 Å². The van der Waals surface area contributed by atoms with E-state index in [0.29, 0.717) is 0 Å². The molecule has 0 aliphatic heterocycles. The fourth-order valence-electron chi connectivity index (χ4n) is 2.61. The van der Waals surface area contributed by atoms with Gasteiger partial charge in [-0.2, -0.15) is 4.39 Å². The molecule has 0 heterocycles. The highest BCUT2D eigenvalue weighted by molar-refractivity contribution is 6.32. The molecule has 2 rings (SSSR count). The number of nitrogens with two attached hydrogens (primary N) is 1. The third-order valence-corrected chi connectivity index (χ3v) is 3.95. The van der Waals surface area contributed by atoms with E-state index in [1.54, 1.807) is 0 Å². The van der Waals surface area contributed by atoms with Gasteiger partial charge in [0.25, 0.3) is 0 Å². The van der Waals surface area contributed by atoms with Gasteiger partial charge in [-0.05, 0) is 18.9 Å². The van der Waals surface area contributed by atoms with Gasteiger partial charge in [-0.1, -0.05) is 24.4 Å².